The lowest BCUT2D eigenvalue weighted by molar-refractivity contribution is 0.457. The molecule has 1 aromatic rings. The molecule has 1 saturated carbocycles. The van der Waals surface area contributed by atoms with Gasteiger partial charge in [-0.2, -0.15) is 5.10 Å². The second-order valence-electron chi connectivity index (χ2n) is 5.56. The van der Waals surface area contributed by atoms with Gasteiger partial charge in [0.25, 0.3) is 0 Å². The van der Waals surface area contributed by atoms with Gasteiger partial charge in [0.15, 0.2) is 0 Å². The lowest BCUT2D eigenvalue weighted by atomic mass is 10.0. The van der Waals surface area contributed by atoms with Crippen LogP contribution in [0.15, 0.2) is 6.33 Å². The average molecular weight is 208 g/mol. The summed E-state index contributed by atoms with van der Waals surface area (Å²) >= 11 is 0. The van der Waals surface area contributed by atoms with Crippen LogP contribution >= 0.6 is 0 Å². The summed E-state index contributed by atoms with van der Waals surface area (Å²) < 4.78 is 1.81. The number of nitrogens with one attached hydrogen (secondary N) is 1. The molecule has 2 rings (SSSR count). The van der Waals surface area contributed by atoms with Gasteiger partial charge in [0.05, 0.1) is 6.54 Å². The van der Waals surface area contributed by atoms with Crippen LogP contribution in [0.25, 0.3) is 0 Å². The standard InChI is InChI=1S/C11H20N4/c1-10(2)9(11(10,3)4)12-6-8-13-7-14-15(8)5/h7,9,12H,6H2,1-5H3. The van der Waals surface area contributed by atoms with Crippen molar-refractivity contribution in [2.75, 3.05) is 0 Å². The average Bonchev–Trinajstić information content (AvgIpc) is 2.49. The molecule has 0 aliphatic heterocycles. The Kier molecular flexibility index (Phi) is 2.15. The van der Waals surface area contributed by atoms with Gasteiger partial charge in [0.1, 0.15) is 12.2 Å². The van der Waals surface area contributed by atoms with Crippen LogP contribution in [0.5, 0.6) is 0 Å². The number of hydrogen-bond donors (Lipinski definition) is 1. The van der Waals surface area contributed by atoms with E-state index in [-0.39, 0.29) is 0 Å². The van der Waals surface area contributed by atoms with Crippen LogP contribution in [0.1, 0.15) is 33.5 Å². The van der Waals surface area contributed by atoms with Crippen LogP contribution in [0, 0.1) is 10.8 Å². The predicted molar refractivity (Wildman–Crippen MR) is 59.2 cm³/mol. The largest absolute Gasteiger partial charge is 0.306 e. The van der Waals surface area contributed by atoms with Crippen molar-refractivity contribution in [1.82, 2.24) is 20.1 Å². The summed E-state index contributed by atoms with van der Waals surface area (Å²) in [6.07, 6.45) is 1.60. The summed E-state index contributed by atoms with van der Waals surface area (Å²) in [6.45, 7) is 10.0. The third-order valence-electron chi connectivity index (χ3n) is 4.29. The highest BCUT2D eigenvalue weighted by Gasteiger charge is 2.64. The number of nitrogens with zero attached hydrogens (tertiary/aromatic N) is 3. The maximum Gasteiger partial charge on any atom is 0.140 e. The fourth-order valence-corrected chi connectivity index (χ4v) is 2.38. The first-order chi connectivity index (χ1) is 6.87. The minimum atomic E-state index is 0.381. The third-order valence-corrected chi connectivity index (χ3v) is 4.29. The summed E-state index contributed by atoms with van der Waals surface area (Å²) in [4.78, 5) is 4.20. The Hall–Kier alpha value is -0.900. The minimum absolute atomic E-state index is 0.381. The summed E-state index contributed by atoms with van der Waals surface area (Å²) in [5.41, 5.74) is 0.761. The van der Waals surface area contributed by atoms with E-state index in [1.807, 2.05) is 11.7 Å². The van der Waals surface area contributed by atoms with Crippen molar-refractivity contribution in [1.29, 1.82) is 0 Å². The highest BCUT2D eigenvalue weighted by Crippen LogP contribution is 2.62. The van der Waals surface area contributed by atoms with Gasteiger partial charge in [-0.05, 0) is 10.8 Å². The van der Waals surface area contributed by atoms with E-state index in [9.17, 15) is 0 Å². The highest BCUT2D eigenvalue weighted by atomic mass is 15.3. The predicted octanol–water partition coefficient (Wildman–Crippen LogP) is 1.34. The van der Waals surface area contributed by atoms with E-state index in [4.69, 9.17) is 0 Å². The molecule has 1 heterocycles. The van der Waals surface area contributed by atoms with Crippen LogP contribution in [0.2, 0.25) is 0 Å². The van der Waals surface area contributed by atoms with Gasteiger partial charge in [-0.3, -0.25) is 4.68 Å². The summed E-state index contributed by atoms with van der Waals surface area (Å²) in [5.74, 6) is 0.994. The van der Waals surface area contributed by atoms with Gasteiger partial charge in [-0.1, -0.05) is 27.7 Å². The van der Waals surface area contributed by atoms with E-state index in [1.165, 1.54) is 0 Å². The molecule has 0 aromatic carbocycles. The Balaban J connectivity index is 1.94. The van der Waals surface area contributed by atoms with Gasteiger partial charge in [0.2, 0.25) is 0 Å². The molecule has 1 aliphatic carbocycles. The lowest BCUT2D eigenvalue weighted by Gasteiger charge is -2.05. The van der Waals surface area contributed by atoms with E-state index in [0.717, 1.165) is 12.4 Å². The van der Waals surface area contributed by atoms with E-state index in [0.29, 0.717) is 16.9 Å². The zero-order valence-electron chi connectivity index (χ0n) is 10.2. The normalized spacial score (nSPS) is 23.0. The molecule has 4 heteroatoms. The summed E-state index contributed by atoms with van der Waals surface area (Å²) in [6, 6.07) is 0.571. The molecule has 0 saturated heterocycles. The summed E-state index contributed by atoms with van der Waals surface area (Å²) in [5, 5.41) is 7.61. The molecular weight excluding hydrogens is 188 g/mol. The van der Waals surface area contributed by atoms with Crippen LogP contribution < -0.4 is 5.32 Å². The van der Waals surface area contributed by atoms with Crippen molar-refractivity contribution in [2.45, 2.75) is 40.3 Å². The van der Waals surface area contributed by atoms with Gasteiger partial charge in [-0.25, -0.2) is 4.98 Å². The Bertz CT molecular complexity index is 350. The molecule has 4 nitrogen and oxygen atoms in total. The number of aromatic nitrogens is 3. The molecule has 1 aromatic heterocycles. The third kappa shape index (κ3) is 1.47. The maximum absolute atomic E-state index is 4.20. The van der Waals surface area contributed by atoms with Crippen molar-refractivity contribution < 1.29 is 0 Å². The molecule has 0 atom stereocenters. The van der Waals surface area contributed by atoms with E-state index in [2.05, 4.69) is 43.1 Å². The summed E-state index contributed by atoms with van der Waals surface area (Å²) in [7, 11) is 1.92. The second-order valence-corrected chi connectivity index (χ2v) is 5.56. The fraction of sp³-hybridized carbons (Fsp3) is 0.818. The SMILES string of the molecule is Cn1ncnc1CNC1C(C)(C)C1(C)C. The number of rotatable bonds is 3. The topological polar surface area (TPSA) is 42.7 Å². The van der Waals surface area contributed by atoms with Crippen molar-refractivity contribution in [2.24, 2.45) is 17.9 Å². The first-order valence-electron chi connectivity index (χ1n) is 5.43. The van der Waals surface area contributed by atoms with Crippen molar-refractivity contribution in [3.8, 4) is 0 Å². The molecule has 1 aliphatic rings. The molecule has 0 radical (unpaired) electrons. The molecule has 0 bridgehead atoms. The van der Waals surface area contributed by atoms with Gasteiger partial charge in [0, 0.05) is 13.1 Å². The first-order valence-corrected chi connectivity index (χ1v) is 5.43. The van der Waals surface area contributed by atoms with Gasteiger partial charge >= 0.3 is 0 Å². The fourth-order valence-electron chi connectivity index (χ4n) is 2.38. The van der Waals surface area contributed by atoms with Crippen LogP contribution in [-0.2, 0) is 13.6 Å². The van der Waals surface area contributed by atoms with E-state index in [1.54, 1.807) is 6.33 Å². The molecular formula is C11H20N4. The molecule has 84 valence electrons. The van der Waals surface area contributed by atoms with Gasteiger partial charge in [-0.15, -0.1) is 0 Å². The van der Waals surface area contributed by atoms with E-state index < -0.39 is 0 Å². The van der Waals surface area contributed by atoms with Crippen molar-refractivity contribution >= 4 is 0 Å². The zero-order chi connectivity index (χ0) is 11.3. The maximum atomic E-state index is 4.20. The quantitative estimate of drug-likeness (QED) is 0.815. The molecule has 1 N–H and O–H groups in total. The molecule has 0 spiro atoms. The van der Waals surface area contributed by atoms with Crippen LogP contribution in [0.4, 0.5) is 0 Å². The number of aryl methyl sites for hydroxylation is 1. The Morgan fingerprint density at radius 2 is 1.93 bits per heavy atom. The van der Waals surface area contributed by atoms with Gasteiger partial charge < -0.3 is 5.32 Å². The Labute approximate surface area is 91.1 Å². The molecule has 1 fully saturated rings. The monoisotopic (exact) mass is 208 g/mol. The first kappa shape index (κ1) is 10.6. The lowest BCUT2D eigenvalue weighted by Crippen LogP contribution is -2.23. The Morgan fingerprint density at radius 3 is 2.33 bits per heavy atom. The molecule has 15 heavy (non-hydrogen) atoms. The molecule has 0 unspecified atom stereocenters. The minimum Gasteiger partial charge on any atom is -0.306 e. The van der Waals surface area contributed by atoms with Crippen LogP contribution in [-0.4, -0.2) is 20.8 Å². The van der Waals surface area contributed by atoms with Crippen molar-refractivity contribution in [3.63, 3.8) is 0 Å². The van der Waals surface area contributed by atoms with Crippen LogP contribution in [0.3, 0.4) is 0 Å². The second kappa shape index (κ2) is 3.04. The number of hydrogen-bond acceptors (Lipinski definition) is 3. The van der Waals surface area contributed by atoms with E-state index >= 15 is 0 Å². The highest BCUT2D eigenvalue weighted by molar-refractivity contribution is 5.17. The Morgan fingerprint density at radius 1 is 1.33 bits per heavy atom. The zero-order valence-corrected chi connectivity index (χ0v) is 10.2. The smallest absolute Gasteiger partial charge is 0.140 e. The van der Waals surface area contributed by atoms with Crippen molar-refractivity contribution in [3.05, 3.63) is 12.2 Å². The molecule has 0 amide bonds.